The molecule has 2 aromatic carbocycles. The van der Waals surface area contributed by atoms with E-state index in [0.29, 0.717) is 15.7 Å². The van der Waals surface area contributed by atoms with Crippen LogP contribution in [0.25, 0.3) is 6.08 Å². The van der Waals surface area contributed by atoms with E-state index in [9.17, 15) is 19.2 Å². The van der Waals surface area contributed by atoms with Crippen LogP contribution in [0, 0.1) is 6.92 Å². The summed E-state index contributed by atoms with van der Waals surface area (Å²) in [6.07, 6.45) is 1.32. The number of aryl methyl sites for hydroxylation is 1. The normalized spacial score (nSPS) is 15.1. The third-order valence-electron chi connectivity index (χ3n) is 4.37. The SMILES string of the molecule is CCOC(=O)COc1c(Cl)cc(C=C2C(=O)NC(=O)N(c3ccc(C)cc3)C2=O)cc1Br. The summed E-state index contributed by atoms with van der Waals surface area (Å²) in [7, 11) is 0. The largest absolute Gasteiger partial charge is 0.479 e. The van der Waals surface area contributed by atoms with Gasteiger partial charge in [-0.2, -0.15) is 0 Å². The van der Waals surface area contributed by atoms with Crippen LogP contribution in [0.2, 0.25) is 5.02 Å². The van der Waals surface area contributed by atoms with Crippen LogP contribution in [-0.2, 0) is 19.1 Å². The van der Waals surface area contributed by atoms with Crippen molar-refractivity contribution < 1.29 is 28.7 Å². The highest BCUT2D eigenvalue weighted by Crippen LogP contribution is 2.35. The van der Waals surface area contributed by atoms with Crippen LogP contribution in [0.5, 0.6) is 5.75 Å². The molecule has 10 heteroatoms. The van der Waals surface area contributed by atoms with Crippen LogP contribution in [0.3, 0.4) is 0 Å². The summed E-state index contributed by atoms with van der Waals surface area (Å²) in [6.45, 7) is 3.45. The molecule has 3 rings (SSSR count). The molecule has 1 fully saturated rings. The molecule has 1 heterocycles. The first kappa shape index (κ1) is 23.5. The van der Waals surface area contributed by atoms with Crippen molar-refractivity contribution >= 4 is 63.1 Å². The van der Waals surface area contributed by atoms with E-state index in [1.54, 1.807) is 37.3 Å². The molecule has 1 aliphatic heterocycles. The number of ether oxygens (including phenoxy) is 2. The van der Waals surface area contributed by atoms with Crippen molar-refractivity contribution in [1.82, 2.24) is 5.32 Å². The van der Waals surface area contributed by atoms with Gasteiger partial charge in [-0.3, -0.25) is 14.9 Å². The first-order valence-electron chi connectivity index (χ1n) is 9.46. The van der Waals surface area contributed by atoms with Gasteiger partial charge in [0.05, 0.1) is 21.8 Å². The van der Waals surface area contributed by atoms with Crippen molar-refractivity contribution in [3.63, 3.8) is 0 Å². The van der Waals surface area contributed by atoms with Gasteiger partial charge in [0.1, 0.15) is 5.57 Å². The standard InChI is InChI=1S/C22H18BrClN2O6/c1-3-31-18(27)11-32-19-16(23)9-13(10-17(19)24)8-15-20(28)25-22(30)26(21(15)29)14-6-4-12(2)5-7-14/h4-10H,3,11H2,1-2H3,(H,25,28,30). The van der Waals surface area contributed by atoms with Crippen molar-refractivity contribution in [2.75, 3.05) is 18.1 Å². The van der Waals surface area contributed by atoms with Crippen LogP contribution in [-0.4, -0.2) is 37.0 Å². The number of esters is 1. The highest BCUT2D eigenvalue weighted by atomic mass is 79.9. The van der Waals surface area contributed by atoms with Crippen molar-refractivity contribution in [2.45, 2.75) is 13.8 Å². The molecule has 166 valence electrons. The van der Waals surface area contributed by atoms with E-state index in [4.69, 9.17) is 21.1 Å². The third-order valence-corrected chi connectivity index (χ3v) is 5.23. The van der Waals surface area contributed by atoms with Gasteiger partial charge in [-0.1, -0.05) is 29.3 Å². The minimum absolute atomic E-state index is 0.144. The maximum atomic E-state index is 13.0. The Morgan fingerprint density at radius 3 is 2.50 bits per heavy atom. The first-order chi connectivity index (χ1) is 15.2. The number of urea groups is 1. The van der Waals surface area contributed by atoms with Crippen LogP contribution in [0.4, 0.5) is 10.5 Å². The molecule has 0 unspecified atom stereocenters. The minimum atomic E-state index is -0.831. The number of nitrogens with zero attached hydrogens (tertiary/aromatic N) is 1. The van der Waals surface area contributed by atoms with Gasteiger partial charge < -0.3 is 9.47 Å². The lowest BCUT2D eigenvalue weighted by Gasteiger charge is -2.26. The summed E-state index contributed by atoms with van der Waals surface area (Å²) < 4.78 is 10.6. The van der Waals surface area contributed by atoms with Crippen molar-refractivity contribution in [1.29, 1.82) is 0 Å². The van der Waals surface area contributed by atoms with Gasteiger partial charge in [0, 0.05) is 0 Å². The minimum Gasteiger partial charge on any atom is -0.479 e. The Balaban J connectivity index is 1.89. The molecule has 0 spiro atoms. The van der Waals surface area contributed by atoms with Gasteiger partial charge in [0.2, 0.25) is 0 Å². The average Bonchev–Trinajstić information content (AvgIpc) is 2.72. The number of anilines is 1. The van der Waals surface area contributed by atoms with E-state index < -0.39 is 23.8 Å². The summed E-state index contributed by atoms with van der Waals surface area (Å²) in [4.78, 5) is 50.0. The zero-order valence-corrected chi connectivity index (χ0v) is 19.5. The first-order valence-corrected chi connectivity index (χ1v) is 10.6. The molecule has 0 saturated carbocycles. The molecule has 1 aliphatic rings. The summed E-state index contributed by atoms with van der Waals surface area (Å²) in [5.41, 5.74) is 1.45. The monoisotopic (exact) mass is 520 g/mol. The fraction of sp³-hybridized carbons (Fsp3) is 0.182. The fourth-order valence-electron chi connectivity index (χ4n) is 2.89. The summed E-state index contributed by atoms with van der Waals surface area (Å²) in [5, 5.41) is 2.31. The maximum absolute atomic E-state index is 13.0. The lowest BCUT2D eigenvalue weighted by Crippen LogP contribution is -2.54. The molecule has 0 atom stereocenters. The van der Waals surface area contributed by atoms with E-state index in [1.165, 1.54) is 12.1 Å². The second kappa shape index (κ2) is 9.97. The van der Waals surface area contributed by atoms with Gasteiger partial charge in [0.25, 0.3) is 11.8 Å². The average molecular weight is 522 g/mol. The number of rotatable bonds is 6. The molecule has 0 radical (unpaired) electrons. The zero-order valence-electron chi connectivity index (χ0n) is 17.1. The molecule has 1 N–H and O–H groups in total. The number of hydrogen-bond donors (Lipinski definition) is 1. The highest BCUT2D eigenvalue weighted by Gasteiger charge is 2.36. The summed E-state index contributed by atoms with van der Waals surface area (Å²) >= 11 is 9.57. The van der Waals surface area contributed by atoms with Crippen molar-refractivity contribution in [3.05, 3.63) is 62.6 Å². The molecule has 1 saturated heterocycles. The zero-order chi connectivity index (χ0) is 23.4. The summed E-state index contributed by atoms with van der Waals surface area (Å²) in [5.74, 6) is -1.93. The Kier molecular flexibility index (Phi) is 7.32. The number of benzene rings is 2. The number of nitrogens with one attached hydrogen (secondary N) is 1. The lowest BCUT2D eigenvalue weighted by atomic mass is 10.1. The van der Waals surface area contributed by atoms with Gasteiger partial charge in [0.15, 0.2) is 12.4 Å². The Morgan fingerprint density at radius 2 is 1.88 bits per heavy atom. The molecule has 0 bridgehead atoms. The Labute approximate surface area is 197 Å². The van der Waals surface area contributed by atoms with Gasteiger partial charge >= 0.3 is 12.0 Å². The second-order valence-corrected chi connectivity index (χ2v) is 7.96. The van der Waals surface area contributed by atoms with Crippen LogP contribution in [0.15, 0.2) is 46.4 Å². The Hall–Kier alpha value is -3.17. The number of carbonyl (C=O) groups excluding carboxylic acids is 4. The number of amides is 4. The lowest BCUT2D eigenvalue weighted by molar-refractivity contribution is -0.145. The molecule has 0 aromatic heterocycles. The van der Waals surface area contributed by atoms with E-state index in [0.717, 1.165) is 10.5 Å². The molecule has 32 heavy (non-hydrogen) atoms. The molecule has 2 aromatic rings. The molecule has 8 nitrogen and oxygen atoms in total. The number of imide groups is 2. The van der Waals surface area contributed by atoms with Gasteiger partial charge in [-0.15, -0.1) is 0 Å². The van der Waals surface area contributed by atoms with Crippen molar-refractivity contribution in [3.8, 4) is 5.75 Å². The van der Waals surface area contributed by atoms with Crippen LogP contribution < -0.4 is 15.0 Å². The predicted octanol–water partition coefficient (Wildman–Crippen LogP) is 4.02. The molecular weight excluding hydrogens is 504 g/mol. The van der Waals surface area contributed by atoms with Crippen molar-refractivity contribution in [2.24, 2.45) is 0 Å². The number of barbiturate groups is 1. The number of hydrogen-bond acceptors (Lipinski definition) is 6. The highest BCUT2D eigenvalue weighted by molar-refractivity contribution is 9.10. The fourth-order valence-corrected chi connectivity index (χ4v) is 3.88. The third kappa shape index (κ3) is 5.17. The van der Waals surface area contributed by atoms with E-state index >= 15 is 0 Å². The predicted molar refractivity (Wildman–Crippen MR) is 121 cm³/mol. The molecule has 4 amide bonds. The quantitative estimate of drug-likeness (QED) is 0.350. The number of carbonyl (C=O) groups is 4. The van der Waals surface area contributed by atoms with Gasteiger partial charge in [-0.25, -0.2) is 14.5 Å². The van der Waals surface area contributed by atoms with E-state index in [-0.39, 0.29) is 29.6 Å². The van der Waals surface area contributed by atoms with Crippen LogP contribution in [0.1, 0.15) is 18.1 Å². The maximum Gasteiger partial charge on any atom is 0.344 e. The Morgan fingerprint density at radius 1 is 1.19 bits per heavy atom. The summed E-state index contributed by atoms with van der Waals surface area (Å²) in [6, 6.07) is 8.93. The topological polar surface area (TPSA) is 102 Å². The second-order valence-electron chi connectivity index (χ2n) is 6.70. The van der Waals surface area contributed by atoms with E-state index in [2.05, 4.69) is 21.2 Å². The van der Waals surface area contributed by atoms with Crippen LogP contribution >= 0.6 is 27.5 Å². The van der Waals surface area contributed by atoms with Gasteiger partial charge in [-0.05, 0) is 65.7 Å². The smallest absolute Gasteiger partial charge is 0.344 e. The van der Waals surface area contributed by atoms with E-state index in [1.807, 2.05) is 6.92 Å². The molecule has 0 aliphatic carbocycles. The number of halogens is 2. The Bertz CT molecular complexity index is 1110. The molecular formula is C22H18BrClN2O6.